The minimum Gasteiger partial charge on any atom is -0.401 e. The van der Waals surface area contributed by atoms with Crippen molar-refractivity contribution in [3.8, 4) is 0 Å². The highest BCUT2D eigenvalue weighted by Crippen LogP contribution is 2.22. The fourth-order valence-corrected chi connectivity index (χ4v) is 1.60. The summed E-state index contributed by atoms with van der Waals surface area (Å²) in [5.41, 5.74) is 7.84. The third-order valence-electron chi connectivity index (χ3n) is 2.36. The predicted octanol–water partition coefficient (Wildman–Crippen LogP) is 1.10. The summed E-state index contributed by atoms with van der Waals surface area (Å²) in [6, 6.07) is 0. The van der Waals surface area contributed by atoms with E-state index < -0.39 is 0 Å². The Bertz CT molecular complexity index is 364. The molecule has 0 aliphatic heterocycles. The van der Waals surface area contributed by atoms with Crippen LogP contribution in [0.25, 0.3) is 0 Å². The van der Waals surface area contributed by atoms with Crippen LogP contribution in [0.15, 0.2) is 28.0 Å². The molecule has 16 heavy (non-hydrogen) atoms. The van der Waals surface area contributed by atoms with E-state index in [-0.39, 0.29) is 5.78 Å². The van der Waals surface area contributed by atoms with Crippen LogP contribution in [0.4, 0.5) is 0 Å². The Kier molecular flexibility index (Phi) is 4.28. The highest BCUT2D eigenvalue weighted by Gasteiger charge is 2.22. The number of carbonyl (C=O) groups excluding carboxylic acids is 1. The van der Waals surface area contributed by atoms with Crippen molar-refractivity contribution in [1.82, 2.24) is 4.90 Å². The molecule has 0 bridgehead atoms. The van der Waals surface area contributed by atoms with Gasteiger partial charge in [-0.1, -0.05) is 0 Å². The van der Waals surface area contributed by atoms with Crippen LogP contribution in [0, 0.1) is 0 Å². The highest BCUT2D eigenvalue weighted by molar-refractivity contribution is 6.22. The van der Waals surface area contributed by atoms with Crippen LogP contribution in [0.2, 0.25) is 0 Å². The van der Waals surface area contributed by atoms with Crippen molar-refractivity contribution in [2.45, 2.75) is 19.8 Å². The van der Waals surface area contributed by atoms with Gasteiger partial charge in [0.15, 0.2) is 5.78 Å². The number of hydrogen-bond acceptors (Lipinski definition) is 4. The van der Waals surface area contributed by atoms with Crippen molar-refractivity contribution in [2.24, 2.45) is 10.7 Å². The first-order chi connectivity index (χ1) is 7.56. The summed E-state index contributed by atoms with van der Waals surface area (Å²) < 4.78 is 0. The maximum absolute atomic E-state index is 12.1. The molecule has 0 saturated carbocycles. The Morgan fingerprint density at radius 2 is 2.12 bits per heavy atom. The van der Waals surface area contributed by atoms with E-state index in [2.05, 4.69) is 4.99 Å². The maximum atomic E-state index is 12.1. The lowest BCUT2D eigenvalue weighted by Gasteiger charge is -2.18. The number of allylic oxidation sites excluding steroid dienone is 3. The Morgan fingerprint density at radius 3 is 2.69 bits per heavy atom. The van der Waals surface area contributed by atoms with Gasteiger partial charge < -0.3 is 10.6 Å². The van der Waals surface area contributed by atoms with E-state index in [0.29, 0.717) is 24.2 Å². The molecule has 0 aromatic rings. The quantitative estimate of drug-likeness (QED) is 0.573. The molecule has 4 nitrogen and oxygen atoms in total. The number of ketones is 1. The van der Waals surface area contributed by atoms with Gasteiger partial charge in [-0.3, -0.25) is 9.79 Å². The molecule has 0 amide bonds. The van der Waals surface area contributed by atoms with Gasteiger partial charge in [-0.2, -0.15) is 0 Å². The zero-order valence-corrected chi connectivity index (χ0v) is 10.2. The molecule has 88 valence electrons. The summed E-state index contributed by atoms with van der Waals surface area (Å²) in [6.45, 7) is 2.59. The Hall–Kier alpha value is -1.58. The minimum atomic E-state index is 0.00894. The number of rotatable bonds is 3. The average molecular weight is 221 g/mol. The molecule has 2 N–H and O–H groups in total. The van der Waals surface area contributed by atoms with Crippen LogP contribution in [-0.2, 0) is 4.79 Å². The monoisotopic (exact) mass is 221 g/mol. The number of nitrogens with zero attached hydrogens (tertiary/aromatic N) is 2. The van der Waals surface area contributed by atoms with E-state index in [0.717, 1.165) is 12.0 Å². The van der Waals surface area contributed by atoms with E-state index in [1.54, 1.807) is 6.21 Å². The van der Waals surface area contributed by atoms with Gasteiger partial charge >= 0.3 is 0 Å². The Morgan fingerprint density at radius 1 is 1.44 bits per heavy atom. The maximum Gasteiger partial charge on any atom is 0.193 e. The fraction of sp³-hybridized carbons (Fsp3) is 0.500. The Balaban J connectivity index is 2.98. The lowest BCUT2D eigenvalue weighted by molar-refractivity contribution is -0.112. The summed E-state index contributed by atoms with van der Waals surface area (Å²) in [5.74, 6) is 0.00894. The number of aliphatic imine (C=N–C) groups is 1. The highest BCUT2D eigenvalue weighted by atomic mass is 16.1. The zero-order valence-electron chi connectivity index (χ0n) is 10.2. The number of hydrogen-bond donors (Lipinski definition) is 1. The molecule has 0 unspecified atom stereocenters. The summed E-state index contributed by atoms with van der Waals surface area (Å²) in [6.07, 6.45) is 4.90. The van der Waals surface area contributed by atoms with Gasteiger partial charge in [0.2, 0.25) is 0 Å². The molecule has 0 saturated heterocycles. The minimum absolute atomic E-state index is 0.00894. The SMILES string of the molecule is CCN=CC1=C(N)CC/C(=C/N(C)C)C1=O. The zero-order chi connectivity index (χ0) is 12.1. The standard InChI is InChI=1S/C12H19N3O/c1-4-14-7-10-11(13)6-5-9(12(10)16)8-15(2)3/h7-8H,4-6,13H2,1-3H3/b9-8-,14-7?. The van der Waals surface area contributed by atoms with E-state index in [1.165, 1.54) is 0 Å². The van der Waals surface area contributed by atoms with E-state index in [4.69, 9.17) is 5.73 Å². The van der Waals surface area contributed by atoms with Crippen molar-refractivity contribution in [1.29, 1.82) is 0 Å². The molecule has 0 spiro atoms. The molecule has 0 aromatic heterocycles. The summed E-state index contributed by atoms with van der Waals surface area (Å²) in [7, 11) is 3.81. The normalized spacial score (nSPS) is 19.9. The summed E-state index contributed by atoms with van der Waals surface area (Å²) >= 11 is 0. The molecular formula is C12H19N3O. The van der Waals surface area contributed by atoms with E-state index in [1.807, 2.05) is 32.1 Å². The molecular weight excluding hydrogens is 202 g/mol. The van der Waals surface area contributed by atoms with Crippen molar-refractivity contribution < 1.29 is 4.79 Å². The lowest BCUT2D eigenvalue weighted by atomic mass is 9.91. The lowest BCUT2D eigenvalue weighted by Crippen LogP contribution is -2.21. The molecule has 4 heteroatoms. The van der Waals surface area contributed by atoms with Gasteiger partial charge in [-0.25, -0.2) is 0 Å². The largest absolute Gasteiger partial charge is 0.401 e. The van der Waals surface area contributed by atoms with Crippen molar-refractivity contribution >= 4 is 12.0 Å². The second kappa shape index (κ2) is 5.49. The predicted molar refractivity (Wildman–Crippen MR) is 66.3 cm³/mol. The average Bonchev–Trinajstić information content (AvgIpc) is 2.22. The summed E-state index contributed by atoms with van der Waals surface area (Å²) in [5, 5.41) is 0. The second-order valence-corrected chi connectivity index (χ2v) is 4.01. The molecule has 1 aliphatic carbocycles. The van der Waals surface area contributed by atoms with Crippen LogP contribution >= 0.6 is 0 Å². The number of Topliss-reactive ketones (excluding diaryl/α,β-unsaturated/α-hetero) is 1. The van der Waals surface area contributed by atoms with Crippen LogP contribution in [0.1, 0.15) is 19.8 Å². The third kappa shape index (κ3) is 2.95. The topological polar surface area (TPSA) is 58.7 Å². The van der Waals surface area contributed by atoms with Gasteiger partial charge in [-0.15, -0.1) is 0 Å². The smallest absolute Gasteiger partial charge is 0.193 e. The van der Waals surface area contributed by atoms with Gasteiger partial charge in [-0.05, 0) is 19.8 Å². The van der Waals surface area contributed by atoms with Crippen molar-refractivity contribution in [3.05, 3.63) is 23.0 Å². The second-order valence-electron chi connectivity index (χ2n) is 4.01. The van der Waals surface area contributed by atoms with Crippen LogP contribution in [0.3, 0.4) is 0 Å². The molecule has 1 aliphatic rings. The van der Waals surface area contributed by atoms with Crippen molar-refractivity contribution in [2.75, 3.05) is 20.6 Å². The molecule has 1 rings (SSSR count). The van der Waals surface area contributed by atoms with E-state index >= 15 is 0 Å². The first kappa shape index (κ1) is 12.5. The van der Waals surface area contributed by atoms with Gasteiger partial charge in [0.05, 0.1) is 5.57 Å². The third-order valence-corrected chi connectivity index (χ3v) is 2.36. The fourth-order valence-electron chi connectivity index (χ4n) is 1.60. The first-order valence-corrected chi connectivity index (χ1v) is 5.46. The first-order valence-electron chi connectivity index (χ1n) is 5.46. The van der Waals surface area contributed by atoms with Gasteiger partial charge in [0.1, 0.15) is 0 Å². The molecule has 0 heterocycles. The van der Waals surface area contributed by atoms with Crippen LogP contribution in [-0.4, -0.2) is 37.5 Å². The molecule has 0 fully saturated rings. The molecule has 0 atom stereocenters. The number of carbonyl (C=O) groups is 1. The summed E-state index contributed by atoms with van der Waals surface area (Å²) in [4.78, 5) is 18.0. The van der Waals surface area contributed by atoms with Gasteiger partial charge in [0.25, 0.3) is 0 Å². The Labute approximate surface area is 96.5 Å². The van der Waals surface area contributed by atoms with Gasteiger partial charge in [0, 0.05) is 44.3 Å². The van der Waals surface area contributed by atoms with E-state index in [9.17, 15) is 4.79 Å². The van der Waals surface area contributed by atoms with Crippen LogP contribution < -0.4 is 5.73 Å². The molecule has 0 radical (unpaired) electrons. The van der Waals surface area contributed by atoms with Crippen molar-refractivity contribution in [3.63, 3.8) is 0 Å². The van der Waals surface area contributed by atoms with Crippen LogP contribution in [0.5, 0.6) is 0 Å². The number of nitrogens with two attached hydrogens (primary N) is 1. The molecule has 0 aromatic carbocycles.